The summed E-state index contributed by atoms with van der Waals surface area (Å²) >= 11 is 1.41. The van der Waals surface area contributed by atoms with Gasteiger partial charge in [-0.25, -0.2) is 4.68 Å². The van der Waals surface area contributed by atoms with Gasteiger partial charge in [-0.05, 0) is 30.7 Å². The summed E-state index contributed by atoms with van der Waals surface area (Å²) in [6, 6.07) is 26.4. The van der Waals surface area contributed by atoms with Crippen molar-refractivity contribution in [2.45, 2.75) is 17.8 Å². The van der Waals surface area contributed by atoms with Gasteiger partial charge in [0, 0.05) is 23.2 Å². The highest BCUT2D eigenvalue weighted by Crippen LogP contribution is 2.27. The number of aromatic amines is 2. The summed E-state index contributed by atoms with van der Waals surface area (Å²) in [4.78, 5) is 33.2. The molecule has 0 radical (unpaired) electrons. The quantitative estimate of drug-likeness (QED) is 0.253. The molecule has 9 heteroatoms. The SMILES string of the molecule is Cc1[nH]n(-c2ccccc2)c(=O)c1C=Nc1ccccc1-c1nnc(SCc2ccccc2)[nH]c1=O. The van der Waals surface area contributed by atoms with Gasteiger partial charge >= 0.3 is 0 Å². The second-order valence-electron chi connectivity index (χ2n) is 7.98. The molecule has 0 fully saturated rings. The van der Waals surface area contributed by atoms with Crippen molar-refractivity contribution in [3.63, 3.8) is 0 Å². The van der Waals surface area contributed by atoms with Gasteiger partial charge in [-0.15, -0.1) is 10.2 Å². The first-order chi connectivity index (χ1) is 17.6. The summed E-state index contributed by atoms with van der Waals surface area (Å²) in [5.41, 5.74) is 3.61. The van der Waals surface area contributed by atoms with Crippen molar-refractivity contribution in [1.82, 2.24) is 25.0 Å². The van der Waals surface area contributed by atoms with Gasteiger partial charge in [0.2, 0.25) is 0 Å². The number of aryl methyl sites for hydroxylation is 1. The fourth-order valence-electron chi connectivity index (χ4n) is 3.68. The summed E-state index contributed by atoms with van der Waals surface area (Å²) in [6.45, 7) is 1.82. The van der Waals surface area contributed by atoms with E-state index in [0.717, 1.165) is 11.3 Å². The van der Waals surface area contributed by atoms with E-state index in [1.54, 1.807) is 18.2 Å². The summed E-state index contributed by atoms with van der Waals surface area (Å²) in [5.74, 6) is 0.669. The number of benzene rings is 3. The zero-order valence-electron chi connectivity index (χ0n) is 19.4. The molecule has 8 nitrogen and oxygen atoms in total. The maximum atomic E-state index is 13.0. The Balaban J connectivity index is 1.42. The Labute approximate surface area is 210 Å². The second kappa shape index (κ2) is 10.4. The van der Waals surface area contributed by atoms with E-state index in [1.807, 2.05) is 73.7 Å². The summed E-state index contributed by atoms with van der Waals surface area (Å²) in [7, 11) is 0. The third kappa shape index (κ3) is 4.96. The van der Waals surface area contributed by atoms with E-state index in [4.69, 9.17) is 0 Å². The molecule has 0 saturated heterocycles. The van der Waals surface area contributed by atoms with Crippen LogP contribution in [0.25, 0.3) is 16.9 Å². The number of rotatable bonds is 7. The lowest BCUT2D eigenvalue weighted by Gasteiger charge is -2.05. The molecular weight excluding hydrogens is 472 g/mol. The van der Waals surface area contributed by atoms with Crippen LogP contribution in [-0.4, -0.2) is 31.2 Å². The molecule has 0 spiro atoms. The Kier molecular flexibility index (Phi) is 6.72. The zero-order chi connectivity index (χ0) is 24.9. The molecule has 0 unspecified atom stereocenters. The first-order valence-corrected chi connectivity index (χ1v) is 12.2. The van der Waals surface area contributed by atoms with E-state index in [1.165, 1.54) is 22.7 Å². The summed E-state index contributed by atoms with van der Waals surface area (Å²) in [5, 5.41) is 11.9. The highest BCUT2D eigenvalue weighted by molar-refractivity contribution is 7.98. The third-order valence-electron chi connectivity index (χ3n) is 5.52. The molecule has 0 aliphatic heterocycles. The third-order valence-corrected chi connectivity index (χ3v) is 6.45. The minimum atomic E-state index is -0.354. The van der Waals surface area contributed by atoms with E-state index in [2.05, 4.69) is 25.3 Å². The summed E-state index contributed by atoms with van der Waals surface area (Å²) in [6.07, 6.45) is 1.51. The van der Waals surface area contributed by atoms with Crippen LogP contribution < -0.4 is 11.1 Å². The largest absolute Gasteiger partial charge is 0.298 e. The van der Waals surface area contributed by atoms with Crippen LogP contribution in [-0.2, 0) is 5.75 Å². The van der Waals surface area contributed by atoms with Gasteiger partial charge in [0.05, 0.1) is 16.9 Å². The average molecular weight is 495 g/mol. The van der Waals surface area contributed by atoms with Crippen molar-refractivity contribution in [3.05, 3.63) is 122 Å². The van der Waals surface area contributed by atoms with Crippen LogP contribution in [0.3, 0.4) is 0 Å². The molecular formula is C27H22N6O2S. The molecule has 36 heavy (non-hydrogen) atoms. The van der Waals surface area contributed by atoms with Crippen LogP contribution in [0, 0.1) is 6.92 Å². The molecule has 178 valence electrons. The zero-order valence-corrected chi connectivity index (χ0v) is 20.2. The first kappa shape index (κ1) is 23.3. The Morgan fingerprint density at radius 1 is 0.917 bits per heavy atom. The lowest BCUT2D eigenvalue weighted by atomic mass is 10.1. The van der Waals surface area contributed by atoms with Gasteiger partial charge in [0.15, 0.2) is 10.9 Å². The number of nitrogens with one attached hydrogen (secondary N) is 2. The minimum Gasteiger partial charge on any atom is -0.298 e. The van der Waals surface area contributed by atoms with Crippen LogP contribution in [0.2, 0.25) is 0 Å². The second-order valence-corrected chi connectivity index (χ2v) is 8.95. The number of H-pyrrole nitrogens is 2. The molecule has 2 N–H and O–H groups in total. The Hall–Kier alpha value is -4.50. The predicted molar refractivity (Wildman–Crippen MR) is 142 cm³/mol. The molecule has 3 aromatic carbocycles. The fraction of sp³-hybridized carbons (Fsp3) is 0.0741. The molecule has 0 atom stereocenters. The van der Waals surface area contributed by atoms with Crippen LogP contribution in [0.5, 0.6) is 0 Å². The van der Waals surface area contributed by atoms with Gasteiger partial charge in [-0.2, -0.15) is 0 Å². The molecule has 0 saturated carbocycles. The molecule has 2 aromatic heterocycles. The number of aromatic nitrogens is 5. The van der Waals surface area contributed by atoms with Gasteiger partial charge in [0.1, 0.15) is 0 Å². The highest BCUT2D eigenvalue weighted by Gasteiger charge is 2.14. The molecule has 5 rings (SSSR count). The van der Waals surface area contributed by atoms with Crippen LogP contribution in [0.1, 0.15) is 16.8 Å². The van der Waals surface area contributed by atoms with Gasteiger partial charge in [0.25, 0.3) is 11.1 Å². The molecule has 2 heterocycles. The lowest BCUT2D eigenvalue weighted by molar-refractivity contribution is 0.824. The van der Waals surface area contributed by atoms with Crippen molar-refractivity contribution in [1.29, 1.82) is 0 Å². The van der Waals surface area contributed by atoms with Crippen molar-refractivity contribution in [2.75, 3.05) is 0 Å². The number of thioether (sulfide) groups is 1. The van der Waals surface area contributed by atoms with E-state index in [9.17, 15) is 9.59 Å². The Bertz CT molecular complexity index is 1640. The van der Waals surface area contributed by atoms with Gasteiger partial charge < -0.3 is 0 Å². The monoisotopic (exact) mass is 494 g/mol. The average Bonchev–Trinajstić information content (AvgIpc) is 3.20. The molecule has 0 aliphatic carbocycles. The molecule has 0 amide bonds. The van der Waals surface area contributed by atoms with Crippen molar-refractivity contribution in [2.24, 2.45) is 4.99 Å². The molecule has 5 aromatic rings. The Morgan fingerprint density at radius 2 is 1.61 bits per heavy atom. The van der Waals surface area contributed by atoms with Crippen LogP contribution in [0.15, 0.2) is 105 Å². The molecule has 0 aliphatic rings. The first-order valence-electron chi connectivity index (χ1n) is 11.2. The topological polar surface area (TPSA) is 109 Å². The van der Waals surface area contributed by atoms with Crippen LogP contribution in [0.4, 0.5) is 5.69 Å². The van der Waals surface area contributed by atoms with Crippen molar-refractivity contribution >= 4 is 23.7 Å². The number of hydrogen-bond donors (Lipinski definition) is 2. The van der Waals surface area contributed by atoms with E-state index < -0.39 is 0 Å². The van der Waals surface area contributed by atoms with Gasteiger partial charge in [-0.3, -0.25) is 24.7 Å². The number of aliphatic imine (C=N–C) groups is 1. The van der Waals surface area contributed by atoms with E-state index in [-0.39, 0.29) is 16.8 Å². The van der Waals surface area contributed by atoms with Crippen LogP contribution >= 0.6 is 11.8 Å². The smallest absolute Gasteiger partial charge is 0.280 e. The van der Waals surface area contributed by atoms with Crippen molar-refractivity contribution < 1.29 is 0 Å². The minimum absolute atomic E-state index is 0.166. The van der Waals surface area contributed by atoms with E-state index >= 15 is 0 Å². The number of hydrogen-bond acceptors (Lipinski definition) is 6. The maximum Gasteiger partial charge on any atom is 0.280 e. The normalized spacial score (nSPS) is 11.2. The summed E-state index contributed by atoms with van der Waals surface area (Å²) < 4.78 is 1.48. The van der Waals surface area contributed by atoms with E-state index in [0.29, 0.717) is 33.4 Å². The number of nitrogens with zero attached hydrogens (tertiary/aromatic N) is 4. The van der Waals surface area contributed by atoms with Crippen molar-refractivity contribution in [3.8, 4) is 16.9 Å². The maximum absolute atomic E-state index is 13.0. The predicted octanol–water partition coefficient (Wildman–Crippen LogP) is 4.66. The number of para-hydroxylation sites is 2. The standard InChI is InChI=1S/C27H22N6O2S/c1-18-22(26(35)33(32-18)20-12-6-3-7-13-20)16-28-23-15-9-8-14-21(23)24-25(34)29-27(31-30-24)36-17-19-10-4-2-5-11-19/h2-16,32H,17H2,1H3,(H,29,31,34). The lowest BCUT2D eigenvalue weighted by Crippen LogP contribution is -2.17. The Morgan fingerprint density at radius 3 is 2.36 bits per heavy atom. The highest BCUT2D eigenvalue weighted by atomic mass is 32.2. The fourth-order valence-corrected chi connectivity index (χ4v) is 4.44. The van der Waals surface area contributed by atoms with Gasteiger partial charge in [-0.1, -0.05) is 78.5 Å². The molecule has 0 bridgehead atoms.